The molecule has 5 nitrogen and oxygen atoms in total. The van der Waals surface area contributed by atoms with Crippen LogP contribution < -0.4 is 5.32 Å². The zero-order valence-electron chi connectivity index (χ0n) is 10.5. The molecule has 2 atom stereocenters. The summed E-state index contributed by atoms with van der Waals surface area (Å²) in [4.78, 5) is 26.9. The number of nitrogens with zero attached hydrogens (tertiary/aromatic N) is 1. The van der Waals surface area contributed by atoms with Crippen molar-refractivity contribution < 1.29 is 14.7 Å². The summed E-state index contributed by atoms with van der Waals surface area (Å²) in [6.07, 6.45) is 0.619. The lowest BCUT2D eigenvalue weighted by atomic mass is 9.99. The normalized spacial score (nSPS) is 13.7. The van der Waals surface area contributed by atoms with Gasteiger partial charge in [-0.15, -0.1) is 0 Å². The van der Waals surface area contributed by atoms with Crippen LogP contribution in [-0.4, -0.2) is 28.0 Å². The number of aromatic nitrogens is 1. The first-order chi connectivity index (χ1) is 8.86. The van der Waals surface area contributed by atoms with E-state index in [0.29, 0.717) is 6.42 Å². The number of hydrogen-bond donors (Lipinski definition) is 2. The zero-order valence-corrected chi connectivity index (χ0v) is 12.0. The zero-order chi connectivity index (χ0) is 14.6. The molecule has 0 radical (unpaired) electrons. The van der Waals surface area contributed by atoms with Crippen LogP contribution in [0.25, 0.3) is 0 Å². The number of nitrogens with one attached hydrogen (secondary N) is 1. The van der Waals surface area contributed by atoms with Crippen molar-refractivity contribution in [2.45, 2.75) is 26.3 Å². The van der Waals surface area contributed by atoms with Gasteiger partial charge in [-0.25, -0.2) is 9.78 Å². The lowest BCUT2D eigenvalue weighted by Crippen LogP contribution is -2.45. The van der Waals surface area contributed by atoms with Crippen molar-refractivity contribution in [1.82, 2.24) is 10.3 Å². The number of hydrogen-bond acceptors (Lipinski definition) is 3. The van der Waals surface area contributed by atoms with Crippen molar-refractivity contribution in [2.24, 2.45) is 5.92 Å². The first-order valence-corrected chi connectivity index (χ1v) is 6.48. The van der Waals surface area contributed by atoms with Crippen LogP contribution in [-0.2, 0) is 4.79 Å². The predicted octanol–water partition coefficient (Wildman–Crippen LogP) is 2.62. The van der Waals surface area contributed by atoms with Gasteiger partial charge in [0.15, 0.2) is 0 Å². The van der Waals surface area contributed by atoms with Gasteiger partial charge in [0.05, 0.1) is 5.02 Å². The molecule has 2 unspecified atom stereocenters. The molecule has 0 aromatic carbocycles. The fraction of sp³-hybridized carbons (Fsp3) is 0.417. The number of carbonyl (C=O) groups is 2. The molecule has 104 valence electrons. The number of halogens is 2. The van der Waals surface area contributed by atoms with Crippen LogP contribution >= 0.6 is 23.2 Å². The molecule has 0 aliphatic heterocycles. The standard InChI is InChI=1S/C12H14Cl2N2O3/c1-3-6(2)9(12(18)19)16-11(17)10-7(13)4-5-8(14)15-10/h4-6,9H,3H2,1-2H3,(H,16,17)(H,18,19). The van der Waals surface area contributed by atoms with Crippen LogP contribution in [0.15, 0.2) is 12.1 Å². The largest absolute Gasteiger partial charge is 0.480 e. The molecule has 7 heteroatoms. The Morgan fingerprint density at radius 2 is 2.05 bits per heavy atom. The number of pyridine rings is 1. The fourth-order valence-corrected chi connectivity index (χ4v) is 1.81. The van der Waals surface area contributed by atoms with Gasteiger partial charge in [0.25, 0.3) is 5.91 Å². The van der Waals surface area contributed by atoms with Gasteiger partial charge in [0.2, 0.25) is 0 Å². The fourth-order valence-electron chi connectivity index (χ4n) is 1.47. The Hall–Kier alpha value is -1.33. The highest BCUT2D eigenvalue weighted by Gasteiger charge is 2.27. The van der Waals surface area contributed by atoms with E-state index in [2.05, 4.69) is 10.3 Å². The summed E-state index contributed by atoms with van der Waals surface area (Å²) < 4.78 is 0. The van der Waals surface area contributed by atoms with Gasteiger partial charge in [-0.3, -0.25) is 4.79 Å². The Balaban J connectivity index is 2.94. The van der Waals surface area contributed by atoms with Crippen molar-refractivity contribution in [3.63, 3.8) is 0 Å². The Kier molecular flexibility index (Phi) is 5.57. The van der Waals surface area contributed by atoms with E-state index in [9.17, 15) is 9.59 Å². The molecule has 1 rings (SSSR count). The molecule has 1 aromatic heterocycles. The topological polar surface area (TPSA) is 79.3 Å². The van der Waals surface area contributed by atoms with Crippen molar-refractivity contribution in [3.05, 3.63) is 28.0 Å². The summed E-state index contributed by atoms with van der Waals surface area (Å²) in [6, 6.07) is 1.89. The number of rotatable bonds is 5. The highest BCUT2D eigenvalue weighted by Crippen LogP contribution is 2.17. The van der Waals surface area contributed by atoms with Gasteiger partial charge in [-0.2, -0.15) is 0 Å². The molecule has 1 heterocycles. The third kappa shape index (κ3) is 4.08. The summed E-state index contributed by atoms with van der Waals surface area (Å²) in [6.45, 7) is 3.59. The van der Waals surface area contributed by atoms with Gasteiger partial charge >= 0.3 is 5.97 Å². The third-order valence-corrected chi connectivity index (χ3v) is 3.31. The molecule has 0 fully saturated rings. The van der Waals surface area contributed by atoms with Crippen molar-refractivity contribution in [3.8, 4) is 0 Å². The van der Waals surface area contributed by atoms with Crippen LogP contribution in [0.4, 0.5) is 0 Å². The van der Waals surface area contributed by atoms with E-state index < -0.39 is 17.9 Å². The average molecular weight is 305 g/mol. The molecule has 0 bridgehead atoms. The van der Waals surface area contributed by atoms with Crippen molar-refractivity contribution >= 4 is 35.1 Å². The number of carboxylic acids is 1. The monoisotopic (exact) mass is 304 g/mol. The Labute approximate surface area is 120 Å². The SMILES string of the molecule is CCC(C)C(NC(=O)c1nc(Cl)ccc1Cl)C(=O)O. The number of carbonyl (C=O) groups excluding carboxylic acids is 1. The minimum Gasteiger partial charge on any atom is -0.480 e. The summed E-state index contributed by atoms with van der Waals surface area (Å²) in [7, 11) is 0. The Morgan fingerprint density at radius 3 is 2.58 bits per heavy atom. The predicted molar refractivity (Wildman–Crippen MR) is 72.6 cm³/mol. The first-order valence-electron chi connectivity index (χ1n) is 5.72. The average Bonchev–Trinajstić information content (AvgIpc) is 2.37. The van der Waals surface area contributed by atoms with Crippen LogP contribution in [0.3, 0.4) is 0 Å². The maximum atomic E-state index is 12.0. The van der Waals surface area contributed by atoms with Crippen LogP contribution in [0, 0.1) is 5.92 Å². The molecule has 0 aliphatic rings. The van der Waals surface area contributed by atoms with Crippen molar-refractivity contribution in [2.75, 3.05) is 0 Å². The van der Waals surface area contributed by atoms with Gasteiger partial charge in [-0.1, -0.05) is 43.5 Å². The second kappa shape index (κ2) is 6.73. The van der Waals surface area contributed by atoms with E-state index in [1.54, 1.807) is 6.92 Å². The maximum Gasteiger partial charge on any atom is 0.326 e. The Bertz CT molecular complexity index is 494. The lowest BCUT2D eigenvalue weighted by Gasteiger charge is -2.20. The van der Waals surface area contributed by atoms with Gasteiger partial charge < -0.3 is 10.4 Å². The number of amides is 1. The maximum absolute atomic E-state index is 12.0. The van der Waals surface area contributed by atoms with E-state index in [1.807, 2.05) is 6.92 Å². The van der Waals surface area contributed by atoms with E-state index in [0.717, 1.165) is 0 Å². The van der Waals surface area contributed by atoms with Crippen LogP contribution in [0.1, 0.15) is 30.8 Å². The summed E-state index contributed by atoms with van der Waals surface area (Å²) >= 11 is 11.5. The highest BCUT2D eigenvalue weighted by molar-refractivity contribution is 6.34. The smallest absolute Gasteiger partial charge is 0.326 e. The number of carboxylic acid groups (broad SMARTS) is 1. The molecule has 0 spiro atoms. The van der Waals surface area contributed by atoms with Gasteiger partial charge in [-0.05, 0) is 18.1 Å². The molecule has 1 amide bonds. The second-order valence-corrected chi connectivity index (χ2v) is 4.93. The lowest BCUT2D eigenvalue weighted by molar-refractivity contribution is -0.140. The summed E-state index contributed by atoms with van der Waals surface area (Å²) in [5.74, 6) is -1.96. The molecule has 19 heavy (non-hydrogen) atoms. The van der Waals surface area contributed by atoms with Gasteiger partial charge in [0.1, 0.15) is 16.9 Å². The van der Waals surface area contributed by atoms with E-state index in [1.165, 1.54) is 12.1 Å². The molecule has 0 aliphatic carbocycles. The highest BCUT2D eigenvalue weighted by atomic mass is 35.5. The summed E-state index contributed by atoms with van der Waals surface area (Å²) in [5.41, 5.74) is -0.0799. The molecule has 1 aromatic rings. The minimum absolute atomic E-state index is 0.0799. The molecule has 0 saturated heterocycles. The van der Waals surface area contributed by atoms with Gasteiger partial charge in [0, 0.05) is 0 Å². The first kappa shape index (κ1) is 15.7. The Morgan fingerprint density at radius 1 is 1.42 bits per heavy atom. The molecular formula is C12H14Cl2N2O3. The molecule has 2 N–H and O–H groups in total. The van der Waals surface area contributed by atoms with E-state index in [4.69, 9.17) is 28.3 Å². The van der Waals surface area contributed by atoms with Crippen LogP contribution in [0.5, 0.6) is 0 Å². The second-order valence-electron chi connectivity index (χ2n) is 4.14. The number of aliphatic carboxylic acids is 1. The van der Waals surface area contributed by atoms with E-state index in [-0.39, 0.29) is 21.8 Å². The quantitative estimate of drug-likeness (QED) is 0.820. The van der Waals surface area contributed by atoms with Crippen molar-refractivity contribution in [1.29, 1.82) is 0 Å². The molecule has 0 saturated carbocycles. The molecular weight excluding hydrogens is 291 g/mol. The van der Waals surface area contributed by atoms with Crippen LogP contribution in [0.2, 0.25) is 10.2 Å². The minimum atomic E-state index is -1.10. The summed E-state index contributed by atoms with van der Waals surface area (Å²) in [5, 5.41) is 11.7. The van der Waals surface area contributed by atoms with E-state index >= 15 is 0 Å². The third-order valence-electron chi connectivity index (χ3n) is 2.79.